The molecule has 1 N–H and O–H groups in total. The summed E-state index contributed by atoms with van der Waals surface area (Å²) in [6.07, 6.45) is 6.19. The number of rotatable bonds is 6. The highest BCUT2D eigenvalue weighted by molar-refractivity contribution is 7.99. The Kier molecular flexibility index (Phi) is 6.88. The van der Waals surface area contributed by atoms with Crippen molar-refractivity contribution in [2.75, 3.05) is 24.7 Å². The molecule has 0 spiro atoms. The predicted molar refractivity (Wildman–Crippen MR) is 68.7 cm³/mol. The van der Waals surface area contributed by atoms with Gasteiger partial charge in [-0.05, 0) is 19.8 Å². The van der Waals surface area contributed by atoms with E-state index >= 15 is 0 Å². The van der Waals surface area contributed by atoms with Crippen LogP contribution in [-0.2, 0) is 4.79 Å². The van der Waals surface area contributed by atoms with Crippen molar-refractivity contribution >= 4 is 17.7 Å². The number of nitrogens with zero attached hydrogens (tertiary/aromatic N) is 1. The summed E-state index contributed by atoms with van der Waals surface area (Å²) in [5.74, 6) is 1.42. The Hall–Kier alpha value is -0.220. The van der Waals surface area contributed by atoms with Gasteiger partial charge in [0.15, 0.2) is 0 Å². The van der Waals surface area contributed by atoms with E-state index in [1.54, 1.807) is 0 Å². The summed E-state index contributed by atoms with van der Waals surface area (Å²) in [6.45, 7) is 3.04. The van der Waals surface area contributed by atoms with Gasteiger partial charge in [-0.1, -0.05) is 19.3 Å². The molecule has 0 unspecified atom stereocenters. The van der Waals surface area contributed by atoms with Crippen LogP contribution in [0.5, 0.6) is 0 Å². The lowest BCUT2D eigenvalue weighted by molar-refractivity contribution is -0.131. The second kappa shape index (κ2) is 7.96. The first-order valence-electron chi connectivity index (χ1n) is 6.27. The maximum Gasteiger partial charge on any atom is 0.232 e. The fourth-order valence-electron chi connectivity index (χ4n) is 2.34. The minimum absolute atomic E-state index is 0.160. The van der Waals surface area contributed by atoms with Crippen LogP contribution in [-0.4, -0.2) is 46.6 Å². The van der Waals surface area contributed by atoms with Crippen molar-refractivity contribution in [3.63, 3.8) is 0 Å². The van der Waals surface area contributed by atoms with E-state index < -0.39 is 0 Å². The molecule has 0 aromatic heterocycles. The summed E-state index contributed by atoms with van der Waals surface area (Å²) in [5.41, 5.74) is 0. The molecule has 0 aromatic carbocycles. The van der Waals surface area contributed by atoms with Crippen molar-refractivity contribution in [3.8, 4) is 0 Å². The molecule has 94 valence electrons. The molecule has 4 heteroatoms. The van der Waals surface area contributed by atoms with Crippen molar-refractivity contribution in [2.45, 2.75) is 45.1 Å². The van der Waals surface area contributed by atoms with E-state index in [4.69, 9.17) is 5.11 Å². The van der Waals surface area contributed by atoms with E-state index in [1.165, 1.54) is 43.9 Å². The van der Waals surface area contributed by atoms with Crippen LogP contribution in [0.25, 0.3) is 0 Å². The van der Waals surface area contributed by atoms with Crippen LogP contribution in [0, 0.1) is 0 Å². The molecule has 1 aliphatic carbocycles. The van der Waals surface area contributed by atoms with Crippen molar-refractivity contribution in [1.82, 2.24) is 4.90 Å². The highest BCUT2D eigenvalue weighted by atomic mass is 32.2. The minimum Gasteiger partial charge on any atom is -0.396 e. The standard InChI is InChI=1S/C12H23NO2S/c1-2-13(11-6-4-3-5-7-11)12(15)10-16-9-8-14/h11,14H,2-10H2,1H3. The van der Waals surface area contributed by atoms with E-state index in [0.29, 0.717) is 17.5 Å². The molecule has 0 heterocycles. The summed E-state index contributed by atoms with van der Waals surface area (Å²) in [5, 5.41) is 8.68. The Morgan fingerprint density at radius 3 is 2.62 bits per heavy atom. The number of aliphatic hydroxyl groups excluding tert-OH is 1. The van der Waals surface area contributed by atoms with Crippen molar-refractivity contribution in [3.05, 3.63) is 0 Å². The number of aliphatic hydroxyl groups is 1. The quantitative estimate of drug-likeness (QED) is 0.727. The number of carbonyl (C=O) groups is 1. The molecule has 1 rings (SSSR count). The monoisotopic (exact) mass is 245 g/mol. The molecule has 1 saturated carbocycles. The van der Waals surface area contributed by atoms with Crippen LogP contribution in [0.15, 0.2) is 0 Å². The molecule has 0 bridgehead atoms. The third-order valence-electron chi connectivity index (χ3n) is 3.14. The average Bonchev–Trinajstić information content (AvgIpc) is 2.32. The summed E-state index contributed by atoms with van der Waals surface area (Å²) >= 11 is 1.53. The number of hydrogen-bond donors (Lipinski definition) is 1. The maximum absolute atomic E-state index is 12.0. The van der Waals surface area contributed by atoms with E-state index in [2.05, 4.69) is 6.92 Å². The van der Waals surface area contributed by atoms with Crippen LogP contribution in [0.1, 0.15) is 39.0 Å². The van der Waals surface area contributed by atoms with Gasteiger partial charge in [-0.2, -0.15) is 0 Å². The van der Waals surface area contributed by atoms with Gasteiger partial charge in [-0.25, -0.2) is 0 Å². The first-order chi connectivity index (χ1) is 7.79. The van der Waals surface area contributed by atoms with Crippen LogP contribution in [0.4, 0.5) is 0 Å². The zero-order chi connectivity index (χ0) is 11.8. The number of amides is 1. The fraction of sp³-hybridized carbons (Fsp3) is 0.917. The molecule has 16 heavy (non-hydrogen) atoms. The van der Waals surface area contributed by atoms with Gasteiger partial charge in [0, 0.05) is 18.3 Å². The molecular weight excluding hydrogens is 222 g/mol. The zero-order valence-electron chi connectivity index (χ0n) is 10.2. The van der Waals surface area contributed by atoms with E-state index in [0.717, 1.165) is 6.54 Å². The van der Waals surface area contributed by atoms with Crippen molar-refractivity contribution < 1.29 is 9.90 Å². The van der Waals surface area contributed by atoms with Crippen LogP contribution >= 0.6 is 11.8 Å². The Balaban J connectivity index is 2.35. The third-order valence-corrected chi connectivity index (χ3v) is 4.06. The van der Waals surface area contributed by atoms with Gasteiger partial charge in [-0.3, -0.25) is 4.79 Å². The Labute approximate surface area is 103 Å². The highest BCUT2D eigenvalue weighted by Gasteiger charge is 2.23. The van der Waals surface area contributed by atoms with Crippen LogP contribution in [0.3, 0.4) is 0 Å². The second-order valence-electron chi connectivity index (χ2n) is 4.25. The van der Waals surface area contributed by atoms with Gasteiger partial charge in [0.25, 0.3) is 0 Å². The lowest BCUT2D eigenvalue weighted by Gasteiger charge is -2.33. The molecule has 3 nitrogen and oxygen atoms in total. The molecule has 0 saturated heterocycles. The smallest absolute Gasteiger partial charge is 0.232 e. The minimum atomic E-state index is 0.160. The van der Waals surface area contributed by atoms with Gasteiger partial charge < -0.3 is 10.0 Å². The van der Waals surface area contributed by atoms with Gasteiger partial charge in [0.1, 0.15) is 0 Å². The normalized spacial score (nSPS) is 17.4. The lowest BCUT2D eigenvalue weighted by atomic mass is 9.94. The summed E-state index contributed by atoms with van der Waals surface area (Å²) in [6, 6.07) is 0.473. The predicted octanol–water partition coefficient (Wildman–Crippen LogP) is 1.89. The number of carbonyl (C=O) groups excluding carboxylic acids is 1. The van der Waals surface area contributed by atoms with Gasteiger partial charge in [-0.15, -0.1) is 11.8 Å². The second-order valence-corrected chi connectivity index (χ2v) is 5.35. The molecule has 0 aliphatic heterocycles. The number of thioether (sulfide) groups is 1. The Morgan fingerprint density at radius 1 is 1.38 bits per heavy atom. The molecular formula is C12H23NO2S. The molecule has 0 radical (unpaired) electrons. The van der Waals surface area contributed by atoms with Crippen LogP contribution in [0.2, 0.25) is 0 Å². The molecule has 0 aromatic rings. The molecule has 1 amide bonds. The summed E-state index contributed by atoms with van der Waals surface area (Å²) in [7, 11) is 0. The van der Waals surface area contributed by atoms with E-state index in [1.807, 2.05) is 4.90 Å². The Morgan fingerprint density at radius 2 is 2.06 bits per heavy atom. The zero-order valence-corrected chi connectivity index (χ0v) is 11.0. The lowest BCUT2D eigenvalue weighted by Crippen LogP contribution is -2.42. The summed E-state index contributed by atoms with van der Waals surface area (Å²) in [4.78, 5) is 14.0. The molecule has 0 atom stereocenters. The summed E-state index contributed by atoms with van der Waals surface area (Å²) < 4.78 is 0. The average molecular weight is 245 g/mol. The van der Waals surface area contributed by atoms with Crippen molar-refractivity contribution in [1.29, 1.82) is 0 Å². The maximum atomic E-state index is 12.0. The van der Waals surface area contributed by atoms with Crippen LogP contribution < -0.4 is 0 Å². The first-order valence-corrected chi connectivity index (χ1v) is 7.43. The largest absolute Gasteiger partial charge is 0.396 e. The fourth-order valence-corrected chi connectivity index (χ4v) is 2.95. The topological polar surface area (TPSA) is 40.5 Å². The van der Waals surface area contributed by atoms with Crippen molar-refractivity contribution in [2.24, 2.45) is 0 Å². The third kappa shape index (κ3) is 4.34. The molecule has 1 aliphatic rings. The first kappa shape index (κ1) is 13.8. The van der Waals surface area contributed by atoms with Gasteiger partial charge in [0.2, 0.25) is 5.91 Å². The van der Waals surface area contributed by atoms with E-state index in [9.17, 15) is 4.79 Å². The molecule has 1 fully saturated rings. The Bertz CT molecular complexity index is 205. The van der Waals surface area contributed by atoms with E-state index in [-0.39, 0.29) is 12.5 Å². The van der Waals surface area contributed by atoms with Gasteiger partial charge >= 0.3 is 0 Å². The van der Waals surface area contributed by atoms with Gasteiger partial charge in [0.05, 0.1) is 12.4 Å². The number of hydrogen-bond acceptors (Lipinski definition) is 3. The SMILES string of the molecule is CCN(C(=O)CSCCO)C1CCCCC1. The highest BCUT2D eigenvalue weighted by Crippen LogP contribution is 2.23.